The average molecular weight is 347 g/mol. The van der Waals surface area contributed by atoms with E-state index in [-0.39, 0.29) is 29.4 Å². The van der Waals surface area contributed by atoms with Gasteiger partial charge in [0.25, 0.3) is 0 Å². The number of benzene rings is 2. The SMILES string of the molecule is O=C(NCCSCc1ccccc1F)C1CC1c1ccc(F)cc1. The zero-order valence-electron chi connectivity index (χ0n) is 13.2. The molecule has 1 aliphatic rings. The Morgan fingerprint density at radius 1 is 1.12 bits per heavy atom. The molecule has 0 aromatic heterocycles. The normalized spacial score (nSPS) is 19.1. The van der Waals surface area contributed by atoms with Gasteiger partial charge in [0.2, 0.25) is 5.91 Å². The van der Waals surface area contributed by atoms with Crippen LogP contribution in [0.3, 0.4) is 0 Å². The largest absolute Gasteiger partial charge is 0.355 e. The zero-order valence-corrected chi connectivity index (χ0v) is 14.0. The van der Waals surface area contributed by atoms with E-state index in [2.05, 4.69) is 5.32 Å². The van der Waals surface area contributed by atoms with E-state index < -0.39 is 0 Å². The Balaban J connectivity index is 1.35. The van der Waals surface area contributed by atoms with Gasteiger partial charge in [0.15, 0.2) is 0 Å². The first-order valence-corrected chi connectivity index (χ1v) is 9.15. The summed E-state index contributed by atoms with van der Waals surface area (Å²) in [5.74, 6) is 1.15. The summed E-state index contributed by atoms with van der Waals surface area (Å²) in [7, 11) is 0. The minimum absolute atomic E-state index is 0.00738. The van der Waals surface area contributed by atoms with Crippen molar-refractivity contribution in [2.75, 3.05) is 12.3 Å². The van der Waals surface area contributed by atoms with Crippen LogP contribution in [0.25, 0.3) is 0 Å². The third-order valence-corrected chi connectivity index (χ3v) is 5.19. The predicted octanol–water partition coefficient (Wildman–Crippen LogP) is 4.12. The van der Waals surface area contributed by atoms with Gasteiger partial charge in [0.1, 0.15) is 11.6 Å². The lowest BCUT2D eigenvalue weighted by molar-refractivity contribution is -0.122. The third kappa shape index (κ3) is 4.35. The van der Waals surface area contributed by atoms with Crippen molar-refractivity contribution >= 4 is 17.7 Å². The summed E-state index contributed by atoms with van der Waals surface area (Å²) in [5.41, 5.74) is 1.71. The molecule has 24 heavy (non-hydrogen) atoms. The van der Waals surface area contributed by atoms with Gasteiger partial charge < -0.3 is 5.32 Å². The fourth-order valence-corrected chi connectivity index (χ4v) is 3.58. The summed E-state index contributed by atoms with van der Waals surface area (Å²) in [5, 5.41) is 2.93. The van der Waals surface area contributed by atoms with Crippen molar-refractivity contribution in [2.24, 2.45) is 5.92 Å². The van der Waals surface area contributed by atoms with E-state index in [0.29, 0.717) is 17.9 Å². The van der Waals surface area contributed by atoms with E-state index in [1.165, 1.54) is 18.2 Å². The van der Waals surface area contributed by atoms with E-state index in [0.717, 1.165) is 17.7 Å². The van der Waals surface area contributed by atoms with Crippen LogP contribution >= 0.6 is 11.8 Å². The molecule has 1 N–H and O–H groups in total. The monoisotopic (exact) mass is 347 g/mol. The molecule has 0 saturated heterocycles. The molecule has 1 amide bonds. The Kier molecular flexibility index (Phi) is 5.51. The quantitative estimate of drug-likeness (QED) is 0.764. The van der Waals surface area contributed by atoms with Crippen LogP contribution in [0.4, 0.5) is 8.78 Å². The van der Waals surface area contributed by atoms with Gasteiger partial charge in [0.05, 0.1) is 0 Å². The van der Waals surface area contributed by atoms with E-state index in [9.17, 15) is 13.6 Å². The Morgan fingerprint density at radius 3 is 2.62 bits per heavy atom. The highest BCUT2D eigenvalue weighted by atomic mass is 32.2. The molecular formula is C19H19F2NOS. The van der Waals surface area contributed by atoms with Gasteiger partial charge in [-0.05, 0) is 41.7 Å². The van der Waals surface area contributed by atoms with Gasteiger partial charge in [-0.15, -0.1) is 0 Å². The fraction of sp³-hybridized carbons (Fsp3) is 0.316. The van der Waals surface area contributed by atoms with E-state index in [4.69, 9.17) is 0 Å². The highest BCUT2D eigenvalue weighted by Crippen LogP contribution is 2.47. The van der Waals surface area contributed by atoms with E-state index in [1.807, 2.05) is 6.07 Å². The van der Waals surface area contributed by atoms with E-state index in [1.54, 1.807) is 36.0 Å². The molecule has 0 spiro atoms. The molecule has 2 atom stereocenters. The summed E-state index contributed by atoms with van der Waals surface area (Å²) in [6.45, 7) is 0.574. The molecule has 2 aromatic carbocycles. The first kappa shape index (κ1) is 17.0. The summed E-state index contributed by atoms with van der Waals surface area (Å²) in [4.78, 5) is 12.1. The summed E-state index contributed by atoms with van der Waals surface area (Å²) < 4.78 is 26.4. The average Bonchev–Trinajstić information content (AvgIpc) is 3.37. The Labute approximate surface area is 144 Å². The minimum atomic E-state index is -0.257. The van der Waals surface area contributed by atoms with Crippen molar-refractivity contribution in [3.63, 3.8) is 0 Å². The lowest BCUT2D eigenvalue weighted by Gasteiger charge is -2.06. The molecule has 2 aromatic rings. The van der Waals surface area contributed by atoms with Gasteiger partial charge in [0, 0.05) is 24.0 Å². The van der Waals surface area contributed by atoms with Crippen molar-refractivity contribution in [1.82, 2.24) is 5.32 Å². The number of carbonyl (C=O) groups excluding carboxylic acids is 1. The number of rotatable bonds is 7. The maximum atomic E-state index is 13.5. The lowest BCUT2D eigenvalue weighted by Crippen LogP contribution is -2.27. The van der Waals surface area contributed by atoms with Crippen LogP contribution in [-0.2, 0) is 10.5 Å². The Bertz CT molecular complexity index is 705. The summed E-state index contributed by atoms with van der Waals surface area (Å²) in [6, 6.07) is 13.1. The Hall–Kier alpha value is -1.88. The fourth-order valence-electron chi connectivity index (χ4n) is 2.74. The highest BCUT2D eigenvalue weighted by molar-refractivity contribution is 7.98. The number of halogens is 2. The van der Waals surface area contributed by atoms with Crippen LogP contribution < -0.4 is 5.32 Å². The maximum absolute atomic E-state index is 13.5. The lowest BCUT2D eigenvalue weighted by atomic mass is 10.1. The smallest absolute Gasteiger partial charge is 0.223 e. The Morgan fingerprint density at radius 2 is 1.88 bits per heavy atom. The topological polar surface area (TPSA) is 29.1 Å². The summed E-state index contributed by atoms with van der Waals surface area (Å²) in [6.07, 6.45) is 0.819. The number of nitrogens with one attached hydrogen (secondary N) is 1. The molecule has 2 unspecified atom stereocenters. The zero-order chi connectivity index (χ0) is 16.9. The van der Waals surface area contributed by atoms with Crippen LogP contribution in [0.5, 0.6) is 0 Å². The molecule has 5 heteroatoms. The second-order valence-corrected chi connectivity index (χ2v) is 7.04. The number of carbonyl (C=O) groups is 1. The standard InChI is InChI=1S/C19H19F2NOS/c20-15-7-5-13(6-8-15)16-11-17(16)19(23)22-9-10-24-12-14-3-1-2-4-18(14)21/h1-8,16-17H,9-12H2,(H,22,23). The highest BCUT2D eigenvalue weighted by Gasteiger charge is 2.43. The second kappa shape index (κ2) is 7.79. The van der Waals surface area contributed by atoms with Crippen LogP contribution in [0.1, 0.15) is 23.5 Å². The van der Waals surface area contributed by atoms with Gasteiger partial charge >= 0.3 is 0 Å². The molecule has 1 aliphatic carbocycles. The molecule has 1 saturated carbocycles. The first-order chi connectivity index (χ1) is 11.6. The van der Waals surface area contributed by atoms with Crippen molar-refractivity contribution in [1.29, 1.82) is 0 Å². The van der Waals surface area contributed by atoms with E-state index >= 15 is 0 Å². The molecule has 0 aliphatic heterocycles. The van der Waals surface area contributed by atoms with Crippen LogP contribution in [0, 0.1) is 17.6 Å². The molecule has 0 radical (unpaired) electrons. The number of hydrogen-bond donors (Lipinski definition) is 1. The molecule has 2 nitrogen and oxygen atoms in total. The van der Waals surface area contributed by atoms with Crippen molar-refractivity contribution in [2.45, 2.75) is 18.1 Å². The van der Waals surface area contributed by atoms with Crippen molar-refractivity contribution in [3.05, 3.63) is 71.3 Å². The van der Waals surface area contributed by atoms with Crippen molar-refractivity contribution in [3.8, 4) is 0 Å². The summed E-state index contributed by atoms with van der Waals surface area (Å²) >= 11 is 1.60. The van der Waals surface area contributed by atoms with Crippen LogP contribution in [-0.4, -0.2) is 18.2 Å². The molecule has 126 valence electrons. The van der Waals surface area contributed by atoms with Gasteiger partial charge in [-0.2, -0.15) is 11.8 Å². The second-order valence-electron chi connectivity index (χ2n) is 5.94. The van der Waals surface area contributed by atoms with Gasteiger partial charge in [-0.1, -0.05) is 30.3 Å². The number of hydrogen-bond acceptors (Lipinski definition) is 2. The first-order valence-electron chi connectivity index (χ1n) is 7.99. The molecule has 0 bridgehead atoms. The van der Waals surface area contributed by atoms with Crippen molar-refractivity contribution < 1.29 is 13.6 Å². The van der Waals surface area contributed by atoms with Crippen LogP contribution in [0.2, 0.25) is 0 Å². The molecule has 3 rings (SSSR count). The molecular weight excluding hydrogens is 328 g/mol. The van der Waals surface area contributed by atoms with Gasteiger partial charge in [-0.3, -0.25) is 4.79 Å². The number of amides is 1. The maximum Gasteiger partial charge on any atom is 0.223 e. The van der Waals surface area contributed by atoms with Crippen LogP contribution in [0.15, 0.2) is 48.5 Å². The number of thioether (sulfide) groups is 1. The predicted molar refractivity (Wildman–Crippen MR) is 92.8 cm³/mol. The third-order valence-electron chi connectivity index (χ3n) is 4.19. The molecule has 1 fully saturated rings. The van der Waals surface area contributed by atoms with Gasteiger partial charge in [-0.25, -0.2) is 8.78 Å². The molecule has 0 heterocycles. The minimum Gasteiger partial charge on any atom is -0.355 e.